The van der Waals surface area contributed by atoms with Gasteiger partial charge in [0.15, 0.2) is 28.9 Å². The average molecular weight is 694 g/mol. The standard InChI is InChI=1S/C49H47N3O/c1-5-17-34-19-16-20-35(18-6-2)47(34)52-44-26-12-11-25-43(44)50(4)49(52)46-33(29-31-40-39-23-10-13-27-45(39)53-48(40)46)28-30-38-36-21-8-9-22-37(36)42-24-14-15-32-51(42)41(38)7-3/h7-16,19-27,29,31-32,38,41H,3,5-6,17-18,28,30H2,1-2,4H3/q+2. The second-order valence-electron chi connectivity index (χ2n) is 14.7. The normalized spacial score (nSPS) is 15.2. The van der Waals surface area contributed by atoms with Crippen molar-refractivity contribution in [3.8, 4) is 28.3 Å². The van der Waals surface area contributed by atoms with Gasteiger partial charge in [-0.25, -0.2) is 4.57 Å². The Morgan fingerprint density at radius 3 is 2.26 bits per heavy atom. The molecule has 8 aromatic rings. The maximum atomic E-state index is 6.97. The highest BCUT2D eigenvalue weighted by Crippen LogP contribution is 2.44. The van der Waals surface area contributed by atoms with Crippen LogP contribution in [0.4, 0.5) is 0 Å². The number of benzene rings is 5. The summed E-state index contributed by atoms with van der Waals surface area (Å²) >= 11 is 0. The lowest BCUT2D eigenvalue weighted by Crippen LogP contribution is -2.46. The number of rotatable bonds is 10. The number of allylic oxidation sites excluding steroid dienone is 1. The van der Waals surface area contributed by atoms with Crippen LogP contribution in [-0.2, 0) is 26.3 Å². The summed E-state index contributed by atoms with van der Waals surface area (Å²) in [5.74, 6) is 1.43. The third kappa shape index (κ3) is 5.34. The van der Waals surface area contributed by atoms with Gasteiger partial charge >= 0.3 is 0 Å². The van der Waals surface area contributed by atoms with Crippen molar-refractivity contribution in [2.24, 2.45) is 7.05 Å². The molecule has 2 unspecified atom stereocenters. The fourth-order valence-corrected chi connectivity index (χ4v) is 9.27. The molecule has 0 spiro atoms. The van der Waals surface area contributed by atoms with E-state index in [1.807, 2.05) is 0 Å². The maximum absolute atomic E-state index is 6.97. The lowest BCUT2D eigenvalue weighted by Gasteiger charge is -2.29. The summed E-state index contributed by atoms with van der Waals surface area (Å²) in [7, 11) is 2.24. The van der Waals surface area contributed by atoms with Crippen molar-refractivity contribution in [2.45, 2.75) is 64.3 Å². The quantitative estimate of drug-likeness (QED) is 0.103. The molecule has 1 aliphatic heterocycles. The summed E-state index contributed by atoms with van der Waals surface area (Å²) in [6.07, 6.45) is 10.4. The van der Waals surface area contributed by atoms with Crippen LogP contribution in [0.5, 0.6) is 0 Å². The molecule has 3 aromatic heterocycles. The highest BCUT2D eigenvalue weighted by Gasteiger charge is 2.39. The van der Waals surface area contributed by atoms with Gasteiger partial charge in [-0.3, -0.25) is 0 Å². The molecule has 2 atom stereocenters. The minimum Gasteiger partial charge on any atom is -0.455 e. The van der Waals surface area contributed by atoms with E-state index in [2.05, 4.69) is 175 Å². The predicted octanol–water partition coefficient (Wildman–Crippen LogP) is 11.3. The predicted molar refractivity (Wildman–Crippen MR) is 218 cm³/mol. The van der Waals surface area contributed by atoms with Gasteiger partial charge < -0.3 is 4.42 Å². The van der Waals surface area contributed by atoms with Gasteiger partial charge in [0, 0.05) is 28.5 Å². The van der Waals surface area contributed by atoms with Crippen LogP contribution in [0, 0.1) is 0 Å². The Kier molecular flexibility index (Phi) is 8.54. The number of fused-ring (bicyclic) bond motifs is 7. The van der Waals surface area contributed by atoms with E-state index in [-0.39, 0.29) is 12.0 Å². The fourth-order valence-electron chi connectivity index (χ4n) is 9.27. The molecule has 0 N–H and O–H groups in total. The zero-order chi connectivity index (χ0) is 36.1. The van der Waals surface area contributed by atoms with Gasteiger partial charge in [0.2, 0.25) is 5.69 Å². The van der Waals surface area contributed by atoms with E-state index in [4.69, 9.17) is 4.42 Å². The number of pyridine rings is 1. The fraction of sp³-hybridized carbons (Fsp3) is 0.224. The Hall–Kier alpha value is -5.74. The number of aromatic nitrogens is 3. The summed E-state index contributed by atoms with van der Waals surface area (Å²) < 4.78 is 14.4. The van der Waals surface area contributed by atoms with Crippen molar-refractivity contribution < 1.29 is 13.6 Å². The second-order valence-corrected chi connectivity index (χ2v) is 14.7. The summed E-state index contributed by atoms with van der Waals surface area (Å²) in [5, 5.41) is 2.31. The minimum atomic E-state index is 0.152. The highest BCUT2D eigenvalue weighted by atomic mass is 16.3. The molecule has 0 saturated carbocycles. The number of imidazole rings is 1. The van der Waals surface area contributed by atoms with Crippen LogP contribution in [0.15, 0.2) is 145 Å². The first-order valence-corrected chi connectivity index (χ1v) is 19.4. The topological polar surface area (TPSA) is 25.8 Å². The first-order chi connectivity index (χ1) is 26.1. The molecule has 4 heterocycles. The van der Waals surface area contributed by atoms with Crippen LogP contribution in [-0.4, -0.2) is 4.57 Å². The van der Waals surface area contributed by atoms with Gasteiger partial charge in [-0.2, -0.15) is 9.13 Å². The monoisotopic (exact) mass is 693 g/mol. The maximum Gasteiger partial charge on any atom is 0.299 e. The summed E-state index contributed by atoms with van der Waals surface area (Å²) in [4.78, 5) is 0. The van der Waals surface area contributed by atoms with Gasteiger partial charge in [-0.05, 0) is 84.3 Å². The molecule has 5 aromatic carbocycles. The van der Waals surface area contributed by atoms with Crippen molar-refractivity contribution in [3.05, 3.63) is 162 Å². The third-order valence-corrected chi connectivity index (χ3v) is 11.6. The van der Waals surface area contributed by atoms with E-state index in [1.54, 1.807) is 0 Å². The number of hydrogen-bond acceptors (Lipinski definition) is 1. The van der Waals surface area contributed by atoms with Gasteiger partial charge in [-0.15, -0.1) is 0 Å². The summed E-state index contributed by atoms with van der Waals surface area (Å²) in [5.41, 5.74) is 14.8. The minimum absolute atomic E-state index is 0.152. The molecule has 53 heavy (non-hydrogen) atoms. The zero-order valence-corrected chi connectivity index (χ0v) is 31.1. The first kappa shape index (κ1) is 33.1. The van der Waals surface area contributed by atoms with Crippen molar-refractivity contribution in [1.29, 1.82) is 0 Å². The van der Waals surface area contributed by atoms with E-state index < -0.39 is 0 Å². The van der Waals surface area contributed by atoms with Crippen molar-refractivity contribution >= 4 is 33.0 Å². The molecule has 0 fully saturated rings. The summed E-state index contributed by atoms with van der Waals surface area (Å²) in [6, 6.07) is 44.6. The smallest absolute Gasteiger partial charge is 0.299 e. The Morgan fingerprint density at radius 1 is 0.717 bits per heavy atom. The molecule has 0 aliphatic carbocycles. The second kappa shape index (κ2) is 13.7. The Bertz CT molecular complexity index is 2630. The van der Waals surface area contributed by atoms with Crippen LogP contribution in [0.2, 0.25) is 0 Å². The molecule has 262 valence electrons. The average Bonchev–Trinajstić information content (AvgIpc) is 3.72. The number of furan rings is 1. The van der Waals surface area contributed by atoms with Crippen molar-refractivity contribution in [3.63, 3.8) is 0 Å². The molecule has 0 radical (unpaired) electrons. The van der Waals surface area contributed by atoms with E-state index in [9.17, 15) is 0 Å². The SMILES string of the molecule is C=CC1C(CCc2ccc3c(oc4ccccc43)c2-c2n(-c3c(CCC)cccc3CCC)c3ccccc3[n+]2C)c2ccccc2-c2cccc[n+]21. The molecule has 4 heteroatoms. The molecule has 4 nitrogen and oxygen atoms in total. The van der Waals surface area contributed by atoms with Gasteiger partial charge in [0.1, 0.15) is 16.8 Å². The molecular formula is C49H47N3O+2. The summed E-state index contributed by atoms with van der Waals surface area (Å²) in [6.45, 7) is 8.95. The van der Waals surface area contributed by atoms with Gasteiger partial charge in [0.25, 0.3) is 5.82 Å². The molecule has 0 saturated heterocycles. The largest absolute Gasteiger partial charge is 0.455 e. The van der Waals surface area contributed by atoms with Crippen LogP contribution in [0.3, 0.4) is 0 Å². The Balaban J connectivity index is 1.30. The van der Waals surface area contributed by atoms with E-state index in [1.165, 1.54) is 55.8 Å². The number of hydrogen-bond donors (Lipinski definition) is 0. The Labute approximate surface area is 312 Å². The first-order valence-electron chi connectivity index (χ1n) is 19.4. The van der Waals surface area contributed by atoms with Crippen LogP contribution < -0.4 is 9.13 Å². The zero-order valence-electron chi connectivity index (χ0n) is 31.1. The molecule has 0 amide bonds. The number of nitrogens with zero attached hydrogens (tertiary/aromatic N) is 3. The highest BCUT2D eigenvalue weighted by molar-refractivity contribution is 6.10. The van der Waals surface area contributed by atoms with E-state index >= 15 is 0 Å². The van der Waals surface area contributed by atoms with Gasteiger partial charge in [-0.1, -0.05) is 112 Å². The number of para-hydroxylation sites is 4. The lowest BCUT2D eigenvalue weighted by atomic mass is 9.79. The number of aryl methyl sites for hydroxylation is 4. The third-order valence-electron chi connectivity index (χ3n) is 11.6. The van der Waals surface area contributed by atoms with Gasteiger partial charge in [0.05, 0.1) is 13.0 Å². The lowest BCUT2D eigenvalue weighted by molar-refractivity contribution is -0.707. The molecule has 1 aliphatic rings. The molecular weight excluding hydrogens is 647 g/mol. The van der Waals surface area contributed by atoms with Crippen molar-refractivity contribution in [2.75, 3.05) is 0 Å². The van der Waals surface area contributed by atoms with Crippen LogP contribution >= 0.6 is 0 Å². The van der Waals surface area contributed by atoms with E-state index in [0.717, 1.165) is 66.3 Å². The molecule has 9 rings (SSSR count). The Morgan fingerprint density at radius 2 is 1.45 bits per heavy atom. The van der Waals surface area contributed by atoms with Crippen LogP contribution in [0.25, 0.3) is 61.3 Å². The van der Waals surface area contributed by atoms with Crippen molar-refractivity contribution in [1.82, 2.24) is 4.57 Å². The molecule has 0 bridgehead atoms. The van der Waals surface area contributed by atoms with E-state index in [0.29, 0.717) is 0 Å². The van der Waals surface area contributed by atoms with Crippen LogP contribution in [0.1, 0.15) is 67.3 Å².